The smallest absolute Gasteiger partial charge is 0.119 e. The van der Waals surface area contributed by atoms with Crippen molar-refractivity contribution < 1.29 is 17.5 Å². The highest BCUT2D eigenvalue weighted by Gasteiger charge is 1.99. The number of rotatable bonds is 2. The molecular weight excluding hydrogens is 277 g/mol. The van der Waals surface area contributed by atoms with E-state index in [9.17, 15) is 5.11 Å². The molecule has 1 unspecified atom stereocenters. The Balaban J connectivity index is 0.000000576. The molecule has 4 heteroatoms. The molecule has 19 heavy (non-hydrogen) atoms. The Morgan fingerprint density at radius 1 is 0.947 bits per heavy atom. The molecule has 0 amide bonds. The molecule has 104 valence electrons. The lowest BCUT2D eigenvalue weighted by molar-refractivity contribution is -0.00000467. The standard InChI is InChI=1S/C13H12O.C2H8NP.ClH/c14-13-9-5-4-8-12(13)10-11-6-2-1-3-7-11;1-3(2)4;/h1-9,14H,10H2;4H2,1-2H3;1H. The second kappa shape index (κ2) is 9.80. The maximum absolute atomic E-state index is 9.57. The van der Waals surface area contributed by atoms with Crippen molar-refractivity contribution in [2.45, 2.75) is 6.42 Å². The monoisotopic (exact) mass is 297 g/mol. The highest BCUT2D eigenvalue weighted by Crippen LogP contribution is 2.19. The average molecular weight is 298 g/mol. The molecule has 0 fully saturated rings. The fraction of sp³-hybridized carbons (Fsp3) is 0.200. The maximum atomic E-state index is 9.57. The van der Waals surface area contributed by atoms with Gasteiger partial charge < -0.3 is 17.5 Å². The highest BCUT2D eigenvalue weighted by atomic mass is 35.5. The normalized spacial score (nSPS) is 9.42. The molecule has 2 rings (SSSR count). The van der Waals surface area contributed by atoms with E-state index >= 15 is 0 Å². The Morgan fingerprint density at radius 3 is 1.95 bits per heavy atom. The van der Waals surface area contributed by atoms with Crippen molar-refractivity contribution in [3.8, 4) is 5.75 Å². The lowest BCUT2D eigenvalue weighted by Gasteiger charge is -2.03. The summed E-state index contributed by atoms with van der Waals surface area (Å²) in [4.78, 5) is 0. The molecule has 0 bridgehead atoms. The van der Waals surface area contributed by atoms with Crippen LogP contribution in [0, 0.1) is 0 Å². The molecule has 1 atom stereocenters. The molecule has 2 aromatic rings. The molecule has 2 aromatic carbocycles. The first kappa shape index (κ1) is 17.9. The Labute approximate surface area is 124 Å². The lowest BCUT2D eigenvalue weighted by Crippen LogP contribution is -3.00. The zero-order valence-electron chi connectivity index (χ0n) is 11.4. The van der Waals surface area contributed by atoms with Crippen LogP contribution in [0.4, 0.5) is 0 Å². The van der Waals surface area contributed by atoms with Crippen LogP contribution >= 0.6 is 9.39 Å². The van der Waals surface area contributed by atoms with Gasteiger partial charge >= 0.3 is 0 Å². The topological polar surface area (TPSA) is 23.5 Å². The molecule has 2 nitrogen and oxygen atoms in total. The van der Waals surface area contributed by atoms with Crippen LogP contribution in [0.15, 0.2) is 54.6 Å². The lowest BCUT2D eigenvalue weighted by atomic mass is 10.0. The molecule has 0 heterocycles. The summed E-state index contributed by atoms with van der Waals surface area (Å²) in [5.41, 5.74) is 2.19. The summed E-state index contributed by atoms with van der Waals surface area (Å²) in [7, 11) is 5.86. The molecular formula is C15H21ClNOP. The van der Waals surface area contributed by atoms with Gasteiger partial charge in [0.2, 0.25) is 0 Å². The molecule has 0 spiro atoms. The van der Waals surface area contributed by atoms with E-state index in [-0.39, 0.29) is 12.4 Å². The van der Waals surface area contributed by atoms with Gasteiger partial charge in [0.25, 0.3) is 0 Å². The highest BCUT2D eigenvalue weighted by molar-refractivity contribution is 7.13. The number of halogens is 1. The van der Waals surface area contributed by atoms with Crippen LogP contribution in [0.2, 0.25) is 0 Å². The van der Waals surface area contributed by atoms with Crippen molar-refractivity contribution in [1.82, 2.24) is 4.67 Å². The summed E-state index contributed by atoms with van der Waals surface area (Å²) in [6.45, 7) is 0. The molecule has 0 aliphatic carbocycles. The summed E-state index contributed by atoms with van der Waals surface area (Å²) in [5, 5.41) is 9.57. The third-order valence-corrected chi connectivity index (χ3v) is 2.23. The summed E-state index contributed by atoms with van der Waals surface area (Å²) in [6.07, 6.45) is 0.785. The molecule has 0 aliphatic heterocycles. The molecule has 0 aromatic heterocycles. The van der Waals surface area contributed by atoms with Crippen molar-refractivity contribution in [2.24, 2.45) is 0 Å². The quantitative estimate of drug-likeness (QED) is 0.793. The zero-order valence-corrected chi connectivity index (χ0v) is 13.6. The van der Waals surface area contributed by atoms with Crippen LogP contribution in [-0.4, -0.2) is 23.9 Å². The van der Waals surface area contributed by atoms with E-state index in [1.807, 2.05) is 64.6 Å². The van der Waals surface area contributed by atoms with Crippen molar-refractivity contribution >= 4 is 9.39 Å². The summed E-state index contributed by atoms with van der Waals surface area (Å²) in [6, 6.07) is 17.6. The van der Waals surface area contributed by atoms with E-state index in [2.05, 4.69) is 12.1 Å². The number of para-hydroxylation sites is 1. The first-order valence-corrected chi connectivity index (χ1v) is 6.51. The number of benzene rings is 2. The van der Waals surface area contributed by atoms with Crippen molar-refractivity contribution in [3.63, 3.8) is 0 Å². The van der Waals surface area contributed by atoms with Crippen molar-refractivity contribution in [2.75, 3.05) is 14.1 Å². The predicted molar refractivity (Wildman–Crippen MR) is 82.1 cm³/mol. The van der Waals surface area contributed by atoms with Gasteiger partial charge in [-0.2, -0.15) is 4.67 Å². The van der Waals surface area contributed by atoms with Gasteiger partial charge in [0.15, 0.2) is 0 Å². The van der Waals surface area contributed by atoms with Gasteiger partial charge in [0.1, 0.15) is 5.75 Å². The maximum Gasteiger partial charge on any atom is 0.119 e. The van der Waals surface area contributed by atoms with Crippen LogP contribution in [0.5, 0.6) is 5.75 Å². The van der Waals surface area contributed by atoms with Gasteiger partial charge in [-0.05, 0) is 17.2 Å². The molecule has 0 saturated heterocycles. The van der Waals surface area contributed by atoms with Crippen LogP contribution in [0.25, 0.3) is 0 Å². The van der Waals surface area contributed by atoms with Gasteiger partial charge in [-0.15, -0.1) is 0 Å². The van der Waals surface area contributed by atoms with Crippen LogP contribution < -0.4 is 12.4 Å². The third-order valence-electron chi connectivity index (χ3n) is 2.23. The van der Waals surface area contributed by atoms with E-state index in [1.165, 1.54) is 5.56 Å². The Morgan fingerprint density at radius 2 is 1.42 bits per heavy atom. The average Bonchev–Trinajstić information content (AvgIpc) is 2.33. The van der Waals surface area contributed by atoms with E-state index in [0.717, 1.165) is 12.0 Å². The van der Waals surface area contributed by atoms with E-state index in [0.29, 0.717) is 5.75 Å². The van der Waals surface area contributed by atoms with Crippen molar-refractivity contribution in [3.05, 3.63) is 65.7 Å². The van der Waals surface area contributed by atoms with E-state index in [1.54, 1.807) is 6.07 Å². The third kappa shape index (κ3) is 7.84. The van der Waals surface area contributed by atoms with Gasteiger partial charge in [-0.3, -0.25) is 0 Å². The number of hydrogen-bond donors (Lipinski definition) is 1. The summed E-state index contributed by atoms with van der Waals surface area (Å²) in [5.74, 6) is 0.372. The first-order chi connectivity index (χ1) is 8.59. The van der Waals surface area contributed by atoms with Gasteiger partial charge in [-0.1, -0.05) is 48.5 Å². The van der Waals surface area contributed by atoms with Gasteiger partial charge in [0.05, 0.1) is 0 Å². The van der Waals surface area contributed by atoms with Crippen LogP contribution in [0.1, 0.15) is 11.1 Å². The van der Waals surface area contributed by atoms with Gasteiger partial charge in [-0.25, -0.2) is 0 Å². The minimum Gasteiger partial charge on any atom is -1.00 e. The second-order valence-corrected chi connectivity index (χ2v) is 5.64. The zero-order chi connectivity index (χ0) is 13.4. The van der Waals surface area contributed by atoms with Crippen LogP contribution in [-0.2, 0) is 6.42 Å². The minimum absolute atomic E-state index is 0. The number of aromatic hydroxyl groups is 1. The Kier molecular flexibility index (Phi) is 9.24. The van der Waals surface area contributed by atoms with Gasteiger partial charge in [0, 0.05) is 29.9 Å². The predicted octanol–water partition coefficient (Wildman–Crippen LogP) is 0.0574. The molecule has 0 aliphatic rings. The van der Waals surface area contributed by atoms with E-state index in [4.69, 9.17) is 0 Å². The fourth-order valence-electron chi connectivity index (χ4n) is 1.48. The number of nitrogens with zero attached hydrogens (tertiary/aromatic N) is 1. The molecule has 0 saturated carbocycles. The number of phenols is 1. The fourth-order valence-corrected chi connectivity index (χ4v) is 1.48. The summed E-state index contributed by atoms with van der Waals surface area (Å²) < 4.78 is 2.03. The minimum atomic E-state index is 0. The van der Waals surface area contributed by atoms with Crippen LogP contribution in [0.3, 0.4) is 0 Å². The molecule has 1 N–H and O–H groups in total. The largest absolute Gasteiger partial charge is 1.00 e. The Bertz CT molecular complexity index is 460. The van der Waals surface area contributed by atoms with Crippen molar-refractivity contribution in [1.29, 1.82) is 0 Å². The molecule has 0 radical (unpaired) electrons. The Hall–Kier alpha value is -1.08. The first-order valence-electron chi connectivity index (χ1n) is 5.88. The SMILES string of the molecule is CN(C)[PH3+].Oc1ccccc1Cc1ccccc1.[Cl-]. The second-order valence-electron chi connectivity index (χ2n) is 4.37. The number of phenolic OH excluding ortho intramolecular Hbond substituents is 1. The van der Waals surface area contributed by atoms with E-state index < -0.39 is 0 Å². The number of hydrogen-bond acceptors (Lipinski definition) is 2. The summed E-state index contributed by atoms with van der Waals surface area (Å²) >= 11 is 0.